The molecule has 1 atom stereocenters. The molecule has 21 heavy (non-hydrogen) atoms. The van der Waals surface area contributed by atoms with Crippen LogP contribution in [-0.4, -0.2) is 24.7 Å². The van der Waals surface area contributed by atoms with Gasteiger partial charge in [-0.15, -0.1) is 0 Å². The Morgan fingerprint density at radius 2 is 2.00 bits per heavy atom. The van der Waals surface area contributed by atoms with E-state index in [0.717, 1.165) is 29.2 Å². The van der Waals surface area contributed by atoms with Crippen LogP contribution < -0.4 is 10.1 Å². The molecule has 1 unspecified atom stereocenters. The van der Waals surface area contributed by atoms with E-state index in [-0.39, 0.29) is 0 Å². The number of para-hydroxylation sites is 1. The molecule has 2 aromatic rings. The normalized spacial score (nSPS) is 17.8. The fourth-order valence-electron chi connectivity index (χ4n) is 3.36. The Kier molecular flexibility index (Phi) is 4.71. The van der Waals surface area contributed by atoms with Crippen molar-refractivity contribution < 1.29 is 4.74 Å². The monoisotopic (exact) mass is 284 g/mol. The standard InChI is InChI=1S/C18H24N2O/c1-19-16(14-7-3-2-4-8-14)13-21-17-11-5-9-15-10-6-12-20-18(15)17/h5-6,9-12,14,16,19H,2-4,7-8,13H2,1H3. The minimum absolute atomic E-state index is 0.435. The molecule has 0 saturated heterocycles. The van der Waals surface area contributed by atoms with Gasteiger partial charge in [0.2, 0.25) is 0 Å². The zero-order valence-electron chi connectivity index (χ0n) is 12.7. The van der Waals surface area contributed by atoms with Crippen LogP contribution in [0.4, 0.5) is 0 Å². The van der Waals surface area contributed by atoms with E-state index >= 15 is 0 Å². The lowest BCUT2D eigenvalue weighted by atomic mass is 9.84. The second-order valence-electron chi connectivity index (χ2n) is 5.94. The maximum Gasteiger partial charge on any atom is 0.145 e. The van der Waals surface area contributed by atoms with Crippen molar-refractivity contribution in [2.45, 2.75) is 38.1 Å². The van der Waals surface area contributed by atoms with E-state index in [4.69, 9.17) is 4.74 Å². The third kappa shape index (κ3) is 3.35. The van der Waals surface area contributed by atoms with Gasteiger partial charge in [-0.25, -0.2) is 0 Å². The Bertz CT molecular complexity index is 573. The van der Waals surface area contributed by atoms with Gasteiger partial charge < -0.3 is 10.1 Å². The molecule has 1 fully saturated rings. The summed E-state index contributed by atoms with van der Waals surface area (Å²) in [6.07, 6.45) is 8.58. The summed E-state index contributed by atoms with van der Waals surface area (Å²) in [5.41, 5.74) is 0.957. The summed E-state index contributed by atoms with van der Waals surface area (Å²) in [5.74, 6) is 1.64. The van der Waals surface area contributed by atoms with Crippen LogP contribution in [-0.2, 0) is 0 Å². The van der Waals surface area contributed by atoms with Gasteiger partial charge in [0.25, 0.3) is 0 Å². The highest BCUT2D eigenvalue weighted by molar-refractivity contribution is 5.84. The van der Waals surface area contributed by atoms with Crippen molar-refractivity contribution in [3.63, 3.8) is 0 Å². The Hall–Kier alpha value is -1.61. The van der Waals surface area contributed by atoms with Crippen LogP contribution in [0.2, 0.25) is 0 Å². The number of nitrogens with one attached hydrogen (secondary N) is 1. The van der Waals surface area contributed by atoms with Gasteiger partial charge in [0, 0.05) is 17.6 Å². The molecule has 0 aliphatic heterocycles. The van der Waals surface area contributed by atoms with Gasteiger partial charge in [-0.3, -0.25) is 4.98 Å². The van der Waals surface area contributed by atoms with E-state index in [9.17, 15) is 0 Å². The molecule has 0 amide bonds. The summed E-state index contributed by atoms with van der Waals surface area (Å²) in [4.78, 5) is 4.45. The van der Waals surface area contributed by atoms with E-state index in [1.807, 2.05) is 31.4 Å². The molecule has 0 bridgehead atoms. The molecule has 1 aliphatic rings. The average Bonchev–Trinajstić information content (AvgIpc) is 2.56. The van der Waals surface area contributed by atoms with Crippen molar-refractivity contribution >= 4 is 10.9 Å². The van der Waals surface area contributed by atoms with Gasteiger partial charge in [0.1, 0.15) is 17.9 Å². The Morgan fingerprint density at radius 3 is 2.81 bits per heavy atom. The third-order valence-corrected chi connectivity index (χ3v) is 4.60. The largest absolute Gasteiger partial charge is 0.490 e. The first-order chi connectivity index (χ1) is 10.4. The topological polar surface area (TPSA) is 34.1 Å². The number of benzene rings is 1. The Morgan fingerprint density at radius 1 is 1.19 bits per heavy atom. The molecular formula is C18H24N2O. The van der Waals surface area contributed by atoms with Gasteiger partial charge in [-0.1, -0.05) is 37.5 Å². The number of hydrogen-bond donors (Lipinski definition) is 1. The zero-order valence-corrected chi connectivity index (χ0v) is 12.7. The van der Waals surface area contributed by atoms with Crippen LogP contribution in [0.3, 0.4) is 0 Å². The van der Waals surface area contributed by atoms with Crippen molar-refractivity contribution in [3.05, 3.63) is 36.5 Å². The number of hydrogen-bond acceptors (Lipinski definition) is 3. The number of likely N-dealkylation sites (N-methyl/N-ethyl adjacent to an activating group) is 1. The molecule has 112 valence electrons. The highest BCUT2D eigenvalue weighted by Gasteiger charge is 2.23. The van der Waals surface area contributed by atoms with E-state index < -0.39 is 0 Å². The van der Waals surface area contributed by atoms with Gasteiger partial charge in [-0.05, 0) is 37.9 Å². The third-order valence-electron chi connectivity index (χ3n) is 4.60. The molecule has 1 aromatic heterocycles. The number of pyridine rings is 1. The van der Waals surface area contributed by atoms with Crippen molar-refractivity contribution in [1.82, 2.24) is 10.3 Å². The van der Waals surface area contributed by atoms with Crippen molar-refractivity contribution in [2.24, 2.45) is 5.92 Å². The van der Waals surface area contributed by atoms with Crippen LogP contribution in [0.25, 0.3) is 10.9 Å². The summed E-state index contributed by atoms with van der Waals surface area (Å²) >= 11 is 0. The molecule has 3 rings (SSSR count). The molecule has 1 aliphatic carbocycles. The lowest BCUT2D eigenvalue weighted by Crippen LogP contribution is -2.39. The molecule has 1 saturated carbocycles. The summed E-state index contributed by atoms with van der Waals surface area (Å²) in [6.45, 7) is 0.719. The molecule has 3 heteroatoms. The van der Waals surface area contributed by atoms with E-state index in [1.54, 1.807) is 0 Å². The van der Waals surface area contributed by atoms with Crippen molar-refractivity contribution in [3.8, 4) is 5.75 Å². The smallest absolute Gasteiger partial charge is 0.145 e. The van der Waals surface area contributed by atoms with Crippen LogP contribution >= 0.6 is 0 Å². The molecule has 0 radical (unpaired) electrons. The highest BCUT2D eigenvalue weighted by Crippen LogP contribution is 2.28. The fraction of sp³-hybridized carbons (Fsp3) is 0.500. The van der Waals surface area contributed by atoms with E-state index in [1.165, 1.54) is 32.1 Å². The molecular weight excluding hydrogens is 260 g/mol. The maximum absolute atomic E-state index is 6.10. The number of aromatic nitrogens is 1. The predicted octanol–water partition coefficient (Wildman–Crippen LogP) is 3.78. The summed E-state index contributed by atoms with van der Waals surface area (Å²) < 4.78 is 6.10. The van der Waals surface area contributed by atoms with Gasteiger partial charge in [0.15, 0.2) is 0 Å². The summed E-state index contributed by atoms with van der Waals surface area (Å²) in [7, 11) is 2.05. The van der Waals surface area contributed by atoms with Gasteiger partial charge in [-0.2, -0.15) is 0 Å². The summed E-state index contributed by atoms with van der Waals surface area (Å²) in [5, 5.41) is 4.58. The lowest BCUT2D eigenvalue weighted by molar-refractivity contribution is 0.193. The van der Waals surface area contributed by atoms with E-state index in [2.05, 4.69) is 22.4 Å². The highest BCUT2D eigenvalue weighted by atomic mass is 16.5. The predicted molar refractivity (Wildman–Crippen MR) is 86.7 cm³/mol. The van der Waals surface area contributed by atoms with Crippen LogP contribution in [0.5, 0.6) is 5.75 Å². The SMILES string of the molecule is CNC(COc1cccc2cccnc12)C1CCCCC1. The van der Waals surface area contributed by atoms with Crippen LogP contribution in [0.1, 0.15) is 32.1 Å². The van der Waals surface area contributed by atoms with Crippen molar-refractivity contribution in [2.75, 3.05) is 13.7 Å². The second-order valence-corrected chi connectivity index (χ2v) is 5.94. The Labute approximate surface area is 126 Å². The molecule has 1 N–H and O–H groups in total. The summed E-state index contributed by atoms with van der Waals surface area (Å²) in [6, 6.07) is 10.6. The first-order valence-corrected chi connectivity index (χ1v) is 8.02. The first kappa shape index (κ1) is 14.3. The molecule has 0 spiro atoms. The fourth-order valence-corrected chi connectivity index (χ4v) is 3.36. The quantitative estimate of drug-likeness (QED) is 0.907. The minimum Gasteiger partial charge on any atom is -0.490 e. The number of nitrogens with zero attached hydrogens (tertiary/aromatic N) is 1. The second kappa shape index (κ2) is 6.90. The maximum atomic E-state index is 6.10. The van der Waals surface area contributed by atoms with Crippen molar-refractivity contribution in [1.29, 1.82) is 0 Å². The first-order valence-electron chi connectivity index (χ1n) is 8.02. The van der Waals surface area contributed by atoms with Crippen LogP contribution in [0.15, 0.2) is 36.5 Å². The van der Waals surface area contributed by atoms with Gasteiger partial charge in [0.05, 0.1) is 0 Å². The Balaban J connectivity index is 1.70. The molecule has 1 aromatic carbocycles. The van der Waals surface area contributed by atoms with Crippen LogP contribution in [0, 0.1) is 5.92 Å². The lowest BCUT2D eigenvalue weighted by Gasteiger charge is -2.30. The molecule has 1 heterocycles. The number of fused-ring (bicyclic) bond motifs is 1. The zero-order chi connectivity index (χ0) is 14.5. The number of rotatable bonds is 5. The van der Waals surface area contributed by atoms with E-state index in [0.29, 0.717) is 6.04 Å². The molecule has 3 nitrogen and oxygen atoms in total. The number of ether oxygens (including phenoxy) is 1. The van der Waals surface area contributed by atoms with Gasteiger partial charge >= 0.3 is 0 Å². The average molecular weight is 284 g/mol. The minimum atomic E-state index is 0.435.